The van der Waals surface area contributed by atoms with Gasteiger partial charge in [-0.05, 0) is 60.0 Å². The molecule has 0 fully saturated rings. The number of likely N-dealkylation sites (N-methyl/N-ethyl adjacent to an activating group) is 1. The molecule has 0 amide bonds. The molecule has 0 spiro atoms. The van der Waals surface area contributed by atoms with Crippen LogP contribution in [0.3, 0.4) is 0 Å². The molecule has 1 unspecified atom stereocenters. The molecule has 0 radical (unpaired) electrons. The van der Waals surface area contributed by atoms with Gasteiger partial charge in [0.25, 0.3) is 0 Å². The van der Waals surface area contributed by atoms with Crippen molar-refractivity contribution in [2.45, 2.75) is 19.4 Å². The normalized spacial score (nSPS) is 12.7. The van der Waals surface area contributed by atoms with E-state index in [0.717, 1.165) is 10.0 Å². The first-order chi connectivity index (χ1) is 8.61. The van der Waals surface area contributed by atoms with Crippen molar-refractivity contribution < 1.29 is 4.39 Å². The first-order valence-electron chi connectivity index (χ1n) is 5.75. The van der Waals surface area contributed by atoms with E-state index >= 15 is 0 Å². The number of benzene rings is 1. The molecule has 4 heteroatoms. The average molecular weight is 328 g/mol. The molecule has 1 aromatic heterocycles. The van der Waals surface area contributed by atoms with Crippen molar-refractivity contribution in [2.75, 3.05) is 7.05 Å². The van der Waals surface area contributed by atoms with Crippen LogP contribution in [0, 0.1) is 12.7 Å². The molecule has 0 aliphatic carbocycles. The van der Waals surface area contributed by atoms with Crippen molar-refractivity contribution in [1.82, 2.24) is 5.32 Å². The standard InChI is InChI=1S/C14H15BrFNS/c1-9-7-18-8-12(9)14(17-2)5-10-3-4-11(15)6-13(10)16/h3-4,6-8,14,17H,5H2,1-2H3. The second-order valence-corrected chi connectivity index (χ2v) is 5.95. The zero-order valence-electron chi connectivity index (χ0n) is 10.3. The highest BCUT2D eigenvalue weighted by Crippen LogP contribution is 2.26. The second kappa shape index (κ2) is 5.95. The summed E-state index contributed by atoms with van der Waals surface area (Å²) in [5.41, 5.74) is 3.25. The van der Waals surface area contributed by atoms with Gasteiger partial charge in [-0.3, -0.25) is 0 Å². The highest BCUT2D eigenvalue weighted by atomic mass is 79.9. The number of thiophene rings is 1. The number of hydrogen-bond acceptors (Lipinski definition) is 2. The van der Waals surface area contributed by atoms with Crippen molar-refractivity contribution in [3.05, 3.63) is 55.9 Å². The molecule has 0 aliphatic heterocycles. The van der Waals surface area contributed by atoms with E-state index in [4.69, 9.17) is 0 Å². The summed E-state index contributed by atoms with van der Waals surface area (Å²) in [6, 6.07) is 5.39. The highest BCUT2D eigenvalue weighted by Gasteiger charge is 2.15. The Morgan fingerprint density at radius 3 is 2.72 bits per heavy atom. The molecule has 18 heavy (non-hydrogen) atoms. The predicted molar refractivity (Wildman–Crippen MR) is 78.7 cm³/mol. The van der Waals surface area contributed by atoms with Crippen LogP contribution < -0.4 is 5.32 Å². The van der Waals surface area contributed by atoms with Crippen LogP contribution in [0.15, 0.2) is 33.4 Å². The molecule has 1 heterocycles. The van der Waals surface area contributed by atoms with E-state index in [1.165, 1.54) is 17.2 Å². The summed E-state index contributed by atoms with van der Waals surface area (Å²) in [6.45, 7) is 2.09. The van der Waals surface area contributed by atoms with Gasteiger partial charge in [-0.15, -0.1) is 0 Å². The Balaban J connectivity index is 2.23. The minimum atomic E-state index is -0.155. The Hall–Kier alpha value is -0.710. The first kappa shape index (κ1) is 13.7. The van der Waals surface area contributed by atoms with Gasteiger partial charge in [0, 0.05) is 10.5 Å². The van der Waals surface area contributed by atoms with Crippen LogP contribution in [0.2, 0.25) is 0 Å². The highest BCUT2D eigenvalue weighted by molar-refractivity contribution is 9.10. The lowest BCUT2D eigenvalue weighted by atomic mass is 9.98. The Labute approximate surface area is 119 Å². The van der Waals surface area contributed by atoms with E-state index in [9.17, 15) is 4.39 Å². The molecule has 2 rings (SSSR count). The fraction of sp³-hybridized carbons (Fsp3) is 0.286. The van der Waals surface area contributed by atoms with Crippen LogP contribution in [-0.4, -0.2) is 7.05 Å². The van der Waals surface area contributed by atoms with E-state index in [1.807, 2.05) is 19.2 Å². The van der Waals surface area contributed by atoms with Gasteiger partial charge in [-0.2, -0.15) is 11.3 Å². The van der Waals surface area contributed by atoms with Crippen LogP contribution in [0.5, 0.6) is 0 Å². The summed E-state index contributed by atoms with van der Waals surface area (Å²) >= 11 is 4.96. The number of nitrogens with one attached hydrogen (secondary N) is 1. The third-order valence-electron chi connectivity index (χ3n) is 3.06. The summed E-state index contributed by atoms with van der Waals surface area (Å²) in [7, 11) is 1.92. The molecule has 1 atom stereocenters. The maximum absolute atomic E-state index is 13.8. The molecule has 1 aromatic carbocycles. The van der Waals surface area contributed by atoms with Crippen molar-refractivity contribution >= 4 is 27.3 Å². The van der Waals surface area contributed by atoms with Crippen LogP contribution in [0.4, 0.5) is 4.39 Å². The molecule has 96 valence electrons. The molecule has 1 nitrogen and oxygen atoms in total. The minimum Gasteiger partial charge on any atom is -0.313 e. The van der Waals surface area contributed by atoms with E-state index in [-0.39, 0.29) is 11.9 Å². The SMILES string of the molecule is CNC(Cc1ccc(Br)cc1F)c1cscc1C. The monoisotopic (exact) mass is 327 g/mol. The Kier molecular flexibility index (Phi) is 4.54. The van der Waals surface area contributed by atoms with E-state index in [0.29, 0.717) is 6.42 Å². The molecule has 0 saturated carbocycles. The lowest BCUT2D eigenvalue weighted by Gasteiger charge is -2.17. The van der Waals surface area contributed by atoms with Crippen molar-refractivity contribution in [3.63, 3.8) is 0 Å². The minimum absolute atomic E-state index is 0.155. The lowest BCUT2D eigenvalue weighted by Crippen LogP contribution is -2.19. The number of hydrogen-bond donors (Lipinski definition) is 1. The van der Waals surface area contributed by atoms with Gasteiger partial charge in [-0.1, -0.05) is 22.0 Å². The molecule has 0 aliphatic rings. The topological polar surface area (TPSA) is 12.0 Å². The molecule has 0 bridgehead atoms. The summed E-state index contributed by atoms with van der Waals surface area (Å²) < 4.78 is 14.6. The second-order valence-electron chi connectivity index (χ2n) is 4.29. The largest absolute Gasteiger partial charge is 0.313 e. The third-order valence-corrected chi connectivity index (χ3v) is 4.43. The Bertz CT molecular complexity index is 538. The summed E-state index contributed by atoms with van der Waals surface area (Å²) in [5, 5.41) is 7.52. The van der Waals surface area contributed by atoms with E-state index < -0.39 is 0 Å². The van der Waals surface area contributed by atoms with Gasteiger partial charge in [-0.25, -0.2) is 4.39 Å². The van der Waals surface area contributed by atoms with Crippen LogP contribution in [0.1, 0.15) is 22.7 Å². The summed E-state index contributed by atoms with van der Waals surface area (Å²) in [6.07, 6.45) is 0.660. The van der Waals surface area contributed by atoms with Crippen molar-refractivity contribution in [2.24, 2.45) is 0 Å². The number of halogens is 2. The fourth-order valence-electron chi connectivity index (χ4n) is 2.00. The van der Waals surface area contributed by atoms with E-state index in [2.05, 4.69) is 38.9 Å². The summed E-state index contributed by atoms with van der Waals surface area (Å²) in [4.78, 5) is 0. The zero-order valence-corrected chi connectivity index (χ0v) is 12.7. The maximum atomic E-state index is 13.8. The predicted octanol–water partition coefficient (Wildman–Crippen LogP) is 4.46. The van der Waals surface area contributed by atoms with Gasteiger partial charge in [0.15, 0.2) is 0 Å². The van der Waals surface area contributed by atoms with Gasteiger partial charge in [0.2, 0.25) is 0 Å². The van der Waals surface area contributed by atoms with Gasteiger partial charge >= 0.3 is 0 Å². The lowest BCUT2D eigenvalue weighted by molar-refractivity contribution is 0.553. The van der Waals surface area contributed by atoms with Crippen molar-refractivity contribution in [1.29, 1.82) is 0 Å². The van der Waals surface area contributed by atoms with Gasteiger partial charge < -0.3 is 5.32 Å². The maximum Gasteiger partial charge on any atom is 0.127 e. The van der Waals surface area contributed by atoms with Gasteiger partial charge in [0.1, 0.15) is 5.82 Å². The zero-order chi connectivity index (χ0) is 13.1. The fourth-order valence-corrected chi connectivity index (χ4v) is 3.24. The first-order valence-corrected chi connectivity index (χ1v) is 7.49. The molecule has 1 N–H and O–H groups in total. The molecular formula is C14H15BrFNS. The third kappa shape index (κ3) is 2.99. The van der Waals surface area contributed by atoms with Crippen LogP contribution in [-0.2, 0) is 6.42 Å². The quantitative estimate of drug-likeness (QED) is 0.874. The molecule has 2 aromatic rings. The average Bonchev–Trinajstić information content (AvgIpc) is 2.75. The smallest absolute Gasteiger partial charge is 0.127 e. The Morgan fingerprint density at radius 1 is 1.39 bits per heavy atom. The molecular weight excluding hydrogens is 313 g/mol. The number of rotatable bonds is 4. The van der Waals surface area contributed by atoms with Crippen LogP contribution in [0.25, 0.3) is 0 Å². The summed E-state index contributed by atoms with van der Waals surface area (Å²) in [5.74, 6) is -0.155. The Morgan fingerprint density at radius 2 is 2.17 bits per heavy atom. The van der Waals surface area contributed by atoms with Crippen LogP contribution >= 0.6 is 27.3 Å². The molecule has 0 saturated heterocycles. The van der Waals surface area contributed by atoms with E-state index in [1.54, 1.807) is 11.3 Å². The van der Waals surface area contributed by atoms with Gasteiger partial charge in [0.05, 0.1) is 0 Å². The van der Waals surface area contributed by atoms with Crippen molar-refractivity contribution in [3.8, 4) is 0 Å². The number of aryl methyl sites for hydroxylation is 1.